The van der Waals surface area contributed by atoms with Crippen molar-refractivity contribution in [2.45, 2.75) is 108 Å². The van der Waals surface area contributed by atoms with Crippen LogP contribution in [0.15, 0.2) is 0 Å². The number of carboxylic acid groups (broad SMARTS) is 1. The maximum Gasteiger partial charge on any atom is 0.405 e. The van der Waals surface area contributed by atoms with Gasteiger partial charge in [0.1, 0.15) is 0 Å². The van der Waals surface area contributed by atoms with Crippen molar-refractivity contribution in [1.29, 1.82) is 0 Å². The second-order valence-electron chi connectivity index (χ2n) is 7.14. The van der Waals surface area contributed by atoms with Gasteiger partial charge in [0.05, 0.1) is 18.8 Å². The SMILES string of the molecule is C#CCCCCCCCCCCCCCCCC(O)C(CO)NC(=O)O. The Kier molecular flexibility index (Phi) is 17.6. The van der Waals surface area contributed by atoms with E-state index in [4.69, 9.17) is 16.6 Å². The van der Waals surface area contributed by atoms with Gasteiger partial charge in [-0.2, -0.15) is 0 Å². The van der Waals surface area contributed by atoms with E-state index in [1.54, 1.807) is 0 Å². The van der Waals surface area contributed by atoms with Gasteiger partial charge in [0.25, 0.3) is 0 Å². The van der Waals surface area contributed by atoms with Crippen molar-refractivity contribution < 1.29 is 20.1 Å². The van der Waals surface area contributed by atoms with Gasteiger partial charge in [-0.25, -0.2) is 4.79 Å². The van der Waals surface area contributed by atoms with Crippen molar-refractivity contribution in [1.82, 2.24) is 5.32 Å². The van der Waals surface area contributed by atoms with Crippen molar-refractivity contribution in [3.8, 4) is 12.3 Å². The first-order chi connectivity index (χ1) is 12.6. The number of aliphatic hydroxyl groups is 2. The van der Waals surface area contributed by atoms with Gasteiger partial charge in [0, 0.05) is 6.42 Å². The highest BCUT2D eigenvalue weighted by atomic mass is 16.4. The molecule has 0 aromatic rings. The Labute approximate surface area is 159 Å². The summed E-state index contributed by atoms with van der Waals surface area (Å²) in [4.78, 5) is 10.5. The molecule has 0 heterocycles. The van der Waals surface area contributed by atoms with Gasteiger partial charge in [-0.3, -0.25) is 0 Å². The molecule has 26 heavy (non-hydrogen) atoms. The Morgan fingerprint density at radius 1 is 0.846 bits per heavy atom. The van der Waals surface area contributed by atoms with Crippen LogP contribution in [0.5, 0.6) is 0 Å². The van der Waals surface area contributed by atoms with E-state index in [-0.39, 0.29) is 6.61 Å². The Bertz CT molecular complexity index is 368. The summed E-state index contributed by atoms with van der Waals surface area (Å²) in [6.07, 6.45) is 20.6. The number of nitrogens with one attached hydrogen (secondary N) is 1. The van der Waals surface area contributed by atoms with E-state index in [1.807, 2.05) is 0 Å². The molecule has 2 atom stereocenters. The fraction of sp³-hybridized carbons (Fsp3) is 0.857. The number of hydrogen-bond donors (Lipinski definition) is 4. The Balaban J connectivity index is 3.31. The van der Waals surface area contributed by atoms with Crippen LogP contribution in [0, 0.1) is 12.3 Å². The quantitative estimate of drug-likeness (QED) is 0.212. The number of terminal acetylenes is 1. The molecule has 5 nitrogen and oxygen atoms in total. The average Bonchev–Trinajstić information content (AvgIpc) is 2.62. The molecule has 0 aromatic heterocycles. The maximum absolute atomic E-state index is 10.5. The average molecular weight is 370 g/mol. The largest absolute Gasteiger partial charge is 0.465 e. The predicted molar refractivity (Wildman–Crippen MR) is 106 cm³/mol. The van der Waals surface area contributed by atoms with Gasteiger partial charge in [-0.15, -0.1) is 12.3 Å². The number of aliphatic hydroxyl groups excluding tert-OH is 2. The van der Waals surface area contributed by atoms with Crippen LogP contribution in [-0.2, 0) is 0 Å². The molecule has 152 valence electrons. The summed E-state index contributed by atoms with van der Waals surface area (Å²) in [7, 11) is 0. The molecule has 1 amide bonds. The molecular formula is C21H39NO4. The van der Waals surface area contributed by atoms with Gasteiger partial charge in [0.2, 0.25) is 0 Å². The monoisotopic (exact) mass is 369 g/mol. The second-order valence-corrected chi connectivity index (χ2v) is 7.14. The first-order valence-corrected chi connectivity index (χ1v) is 10.3. The lowest BCUT2D eigenvalue weighted by Crippen LogP contribution is -2.45. The summed E-state index contributed by atoms with van der Waals surface area (Å²) >= 11 is 0. The maximum atomic E-state index is 10.5. The van der Waals surface area contributed by atoms with Crippen LogP contribution >= 0.6 is 0 Å². The fourth-order valence-corrected chi connectivity index (χ4v) is 3.15. The molecule has 0 aliphatic heterocycles. The van der Waals surface area contributed by atoms with Crippen LogP contribution < -0.4 is 5.32 Å². The fourth-order valence-electron chi connectivity index (χ4n) is 3.15. The van der Waals surface area contributed by atoms with Crippen LogP contribution in [0.1, 0.15) is 96.3 Å². The van der Waals surface area contributed by atoms with E-state index in [2.05, 4.69) is 11.2 Å². The topological polar surface area (TPSA) is 89.8 Å². The van der Waals surface area contributed by atoms with E-state index >= 15 is 0 Å². The van der Waals surface area contributed by atoms with Crippen LogP contribution in [0.3, 0.4) is 0 Å². The molecule has 5 heteroatoms. The van der Waals surface area contributed by atoms with Crippen molar-refractivity contribution >= 4 is 6.09 Å². The van der Waals surface area contributed by atoms with Gasteiger partial charge in [-0.1, -0.05) is 77.0 Å². The number of rotatable bonds is 18. The Morgan fingerprint density at radius 2 is 1.27 bits per heavy atom. The van der Waals surface area contributed by atoms with Gasteiger partial charge in [-0.05, 0) is 12.8 Å². The third-order valence-electron chi connectivity index (χ3n) is 4.79. The standard InChI is InChI=1S/C21H39NO4/c1-2-3-4-5-6-7-8-9-10-11-12-13-14-15-16-17-20(24)19(18-23)22-21(25)26/h1,19-20,22-24H,3-18H2,(H,25,26). The molecule has 0 aliphatic rings. The minimum Gasteiger partial charge on any atom is -0.465 e. The summed E-state index contributed by atoms with van der Waals surface area (Å²) in [6, 6.07) is -0.787. The zero-order chi connectivity index (χ0) is 19.5. The van der Waals surface area contributed by atoms with E-state index < -0.39 is 18.2 Å². The number of hydrogen-bond acceptors (Lipinski definition) is 3. The molecule has 0 rings (SSSR count). The minimum absolute atomic E-state index is 0.377. The summed E-state index contributed by atoms with van der Waals surface area (Å²) in [6.45, 7) is -0.377. The third-order valence-corrected chi connectivity index (χ3v) is 4.79. The highest BCUT2D eigenvalue weighted by molar-refractivity contribution is 5.64. The molecule has 4 N–H and O–H groups in total. The molecule has 0 spiro atoms. The molecule has 0 bridgehead atoms. The van der Waals surface area contributed by atoms with E-state index in [0.29, 0.717) is 6.42 Å². The normalized spacial score (nSPS) is 13.1. The third kappa shape index (κ3) is 16.2. The molecule has 0 aliphatic carbocycles. The molecule has 0 radical (unpaired) electrons. The molecule has 0 fully saturated rings. The molecular weight excluding hydrogens is 330 g/mol. The van der Waals surface area contributed by atoms with Crippen LogP contribution in [0.2, 0.25) is 0 Å². The number of amides is 1. The summed E-state index contributed by atoms with van der Waals surface area (Å²) < 4.78 is 0. The van der Waals surface area contributed by atoms with E-state index in [0.717, 1.165) is 25.7 Å². The van der Waals surface area contributed by atoms with E-state index in [9.17, 15) is 9.90 Å². The summed E-state index contributed by atoms with van der Waals surface area (Å²) in [5, 5.41) is 29.7. The van der Waals surface area contributed by atoms with Crippen molar-refractivity contribution in [3.63, 3.8) is 0 Å². The first-order valence-electron chi connectivity index (χ1n) is 10.3. The van der Waals surface area contributed by atoms with Crippen molar-refractivity contribution in [2.75, 3.05) is 6.61 Å². The molecule has 0 saturated carbocycles. The highest BCUT2D eigenvalue weighted by Crippen LogP contribution is 2.14. The van der Waals surface area contributed by atoms with Crippen molar-refractivity contribution in [2.24, 2.45) is 0 Å². The van der Waals surface area contributed by atoms with Gasteiger partial charge >= 0.3 is 6.09 Å². The van der Waals surface area contributed by atoms with Gasteiger partial charge < -0.3 is 20.6 Å². The second kappa shape index (κ2) is 18.5. The molecule has 2 unspecified atom stereocenters. The first kappa shape index (κ1) is 24.8. The zero-order valence-electron chi connectivity index (χ0n) is 16.3. The lowest BCUT2D eigenvalue weighted by molar-refractivity contribution is 0.0788. The molecule has 0 saturated heterocycles. The van der Waals surface area contributed by atoms with Crippen molar-refractivity contribution in [3.05, 3.63) is 0 Å². The number of carbonyl (C=O) groups is 1. The lowest BCUT2D eigenvalue weighted by Gasteiger charge is -2.20. The number of unbranched alkanes of at least 4 members (excludes halogenated alkanes) is 13. The van der Waals surface area contributed by atoms with Crippen LogP contribution in [-0.4, -0.2) is 40.2 Å². The highest BCUT2D eigenvalue weighted by Gasteiger charge is 2.19. The van der Waals surface area contributed by atoms with Crippen LogP contribution in [0.25, 0.3) is 0 Å². The Morgan fingerprint density at radius 3 is 1.65 bits per heavy atom. The molecule has 0 aromatic carbocycles. The lowest BCUT2D eigenvalue weighted by atomic mass is 10.0. The van der Waals surface area contributed by atoms with Gasteiger partial charge in [0.15, 0.2) is 0 Å². The minimum atomic E-state index is -1.22. The van der Waals surface area contributed by atoms with Crippen LogP contribution in [0.4, 0.5) is 4.79 Å². The van der Waals surface area contributed by atoms with E-state index in [1.165, 1.54) is 64.2 Å². The Hall–Kier alpha value is -1.25. The smallest absolute Gasteiger partial charge is 0.405 e. The zero-order valence-corrected chi connectivity index (χ0v) is 16.3. The summed E-state index contributed by atoms with van der Waals surface area (Å²) in [5.41, 5.74) is 0. The predicted octanol–water partition coefficient (Wildman–Crippen LogP) is 4.46. The summed E-state index contributed by atoms with van der Waals surface area (Å²) in [5.74, 6) is 2.68.